The van der Waals surface area contributed by atoms with Gasteiger partial charge in [0.15, 0.2) is 0 Å². The van der Waals surface area contributed by atoms with E-state index in [1.54, 1.807) is 6.08 Å². The largest absolute Gasteiger partial charge is 0.369 e. The standard InChI is InChI=1S/C27H38N8O/c1-4-20-15-22-25(36)30-18-27(9-5-6-10-27)35(22)24(20)32-26(28)31-23-8-7-21(16-29-23)34-13-11-33(12-14-34)17-19(2)3/h4,7-8,15-16,19H,1,5-6,9-14,17-18H2,2-3H3,(H,30,36)(H3,28,29,31,32). The molecule has 9 heteroatoms. The second-order valence-corrected chi connectivity index (χ2v) is 10.7. The number of nitrogens with one attached hydrogen (secondary N) is 2. The normalized spacial score (nSPS) is 20.0. The second kappa shape index (κ2) is 9.97. The Balaban J connectivity index is 1.32. The highest BCUT2D eigenvalue weighted by Gasteiger charge is 2.43. The zero-order valence-corrected chi connectivity index (χ0v) is 21.5. The van der Waals surface area contributed by atoms with E-state index in [0.717, 1.165) is 69.7 Å². The Kier molecular flexibility index (Phi) is 6.75. The molecule has 36 heavy (non-hydrogen) atoms. The monoisotopic (exact) mass is 490 g/mol. The zero-order valence-electron chi connectivity index (χ0n) is 21.5. The van der Waals surface area contributed by atoms with E-state index in [1.165, 1.54) is 0 Å². The quantitative estimate of drug-likeness (QED) is 0.424. The second-order valence-electron chi connectivity index (χ2n) is 10.7. The van der Waals surface area contributed by atoms with Gasteiger partial charge in [0.1, 0.15) is 17.3 Å². The van der Waals surface area contributed by atoms with Crippen molar-refractivity contribution in [3.05, 3.63) is 42.2 Å². The minimum atomic E-state index is -0.150. The Labute approximate surface area is 213 Å². The molecule has 0 radical (unpaired) electrons. The van der Waals surface area contributed by atoms with Gasteiger partial charge in [-0.2, -0.15) is 4.99 Å². The van der Waals surface area contributed by atoms with Gasteiger partial charge in [-0.05, 0) is 37.0 Å². The summed E-state index contributed by atoms with van der Waals surface area (Å²) in [6.45, 7) is 14.4. The Morgan fingerprint density at radius 3 is 2.67 bits per heavy atom. The fraction of sp³-hybridized carbons (Fsp3) is 0.519. The van der Waals surface area contributed by atoms with Crippen LogP contribution in [-0.4, -0.2) is 65.6 Å². The number of guanidine groups is 1. The van der Waals surface area contributed by atoms with E-state index in [9.17, 15) is 4.79 Å². The average Bonchev–Trinajstić information content (AvgIpc) is 3.48. The van der Waals surface area contributed by atoms with E-state index in [0.29, 0.717) is 29.8 Å². The first-order valence-electron chi connectivity index (χ1n) is 13.1. The van der Waals surface area contributed by atoms with E-state index in [2.05, 4.69) is 56.5 Å². The highest BCUT2D eigenvalue weighted by Crippen LogP contribution is 2.44. The minimum absolute atomic E-state index is 0.0779. The molecule has 2 aliphatic heterocycles. The lowest BCUT2D eigenvalue weighted by atomic mass is 9.94. The Bertz CT molecular complexity index is 1140. The smallest absolute Gasteiger partial charge is 0.268 e. The Hall–Kier alpha value is -3.33. The van der Waals surface area contributed by atoms with Crippen molar-refractivity contribution in [2.24, 2.45) is 16.6 Å². The van der Waals surface area contributed by atoms with Crippen molar-refractivity contribution in [2.45, 2.75) is 45.1 Å². The van der Waals surface area contributed by atoms with Crippen LogP contribution in [0.2, 0.25) is 0 Å². The third-order valence-corrected chi connectivity index (χ3v) is 7.63. The number of hydrogen-bond acceptors (Lipinski definition) is 5. The summed E-state index contributed by atoms with van der Waals surface area (Å²) in [6, 6.07) is 5.88. The summed E-state index contributed by atoms with van der Waals surface area (Å²) in [5.41, 5.74) is 8.74. The molecule has 2 aromatic rings. The number of amides is 1. The third kappa shape index (κ3) is 4.72. The van der Waals surface area contributed by atoms with Crippen LogP contribution < -0.4 is 21.3 Å². The first kappa shape index (κ1) is 24.4. The topological polar surface area (TPSA) is 104 Å². The molecule has 1 aliphatic carbocycles. The number of piperazine rings is 1. The maximum absolute atomic E-state index is 12.6. The number of pyridine rings is 1. The van der Waals surface area contributed by atoms with Crippen LogP contribution in [0.4, 0.5) is 17.3 Å². The predicted molar refractivity (Wildman–Crippen MR) is 146 cm³/mol. The number of rotatable bonds is 6. The number of anilines is 2. The minimum Gasteiger partial charge on any atom is -0.369 e. The molecule has 3 aliphatic rings. The lowest BCUT2D eigenvalue weighted by Crippen LogP contribution is -2.50. The number of carbonyl (C=O) groups is 1. The molecule has 2 aromatic heterocycles. The Morgan fingerprint density at radius 1 is 1.28 bits per heavy atom. The summed E-state index contributed by atoms with van der Waals surface area (Å²) in [6.07, 6.45) is 7.92. The van der Waals surface area contributed by atoms with Crippen LogP contribution in [0.25, 0.3) is 6.08 Å². The van der Waals surface area contributed by atoms with Crippen molar-refractivity contribution in [2.75, 3.05) is 49.5 Å². The van der Waals surface area contributed by atoms with Crippen LogP contribution in [0, 0.1) is 5.92 Å². The zero-order chi connectivity index (χ0) is 25.3. The predicted octanol–water partition coefficient (Wildman–Crippen LogP) is 3.38. The van der Waals surface area contributed by atoms with Crippen molar-refractivity contribution in [1.82, 2.24) is 19.8 Å². The molecular formula is C27H38N8O. The molecule has 0 bridgehead atoms. The summed E-state index contributed by atoms with van der Waals surface area (Å²) in [7, 11) is 0. The van der Waals surface area contributed by atoms with E-state index >= 15 is 0 Å². The summed E-state index contributed by atoms with van der Waals surface area (Å²) < 4.78 is 2.10. The van der Waals surface area contributed by atoms with Gasteiger partial charge in [-0.1, -0.05) is 39.3 Å². The van der Waals surface area contributed by atoms with Crippen molar-refractivity contribution in [1.29, 1.82) is 0 Å². The average molecular weight is 491 g/mol. The molecule has 9 nitrogen and oxygen atoms in total. The molecule has 4 N–H and O–H groups in total. The van der Waals surface area contributed by atoms with Gasteiger partial charge in [0, 0.05) is 44.8 Å². The lowest BCUT2D eigenvalue weighted by Gasteiger charge is -2.37. The molecule has 1 saturated carbocycles. The number of carbonyl (C=O) groups excluding carboxylic acids is 1. The van der Waals surface area contributed by atoms with Gasteiger partial charge in [-0.25, -0.2) is 4.98 Å². The molecule has 0 aromatic carbocycles. The molecule has 1 spiro atoms. The van der Waals surface area contributed by atoms with Crippen LogP contribution in [0.3, 0.4) is 0 Å². The van der Waals surface area contributed by atoms with Gasteiger partial charge in [0.05, 0.1) is 17.4 Å². The third-order valence-electron chi connectivity index (χ3n) is 7.63. The van der Waals surface area contributed by atoms with Gasteiger partial charge in [-0.15, -0.1) is 0 Å². The number of nitrogens with zero attached hydrogens (tertiary/aromatic N) is 5. The molecule has 0 unspecified atom stereocenters. The number of fused-ring (bicyclic) bond motifs is 2. The maximum Gasteiger partial charge on any atom is 0.268 e. The molecule has 4 heterocycles. The number of hydrogen-bond donors (Lipinski definition) is 3. The molecular weight excluding hydrogens is 452 g/mol. The van der Waals surface area contributed by atoms with Gasteiger partial charge >= 0.3 is 0 Å². The lowest BCUT2D eigenvalue weighted by molar-refractivity contribution is 0.0874. The van der Waals surface area contributed by atoms with Crippen LogP contribution >= 0.6 is 0 Å². The number of nitrogens with two attached hydrogens (primary N) is 1. The molecule has 5 rings (SSSR count). The van der Waals surface area contributed by atoms with E-state index in [1.807, 2.05) is 18.3 Å². The highest BCUT2D eigenvalue weighted by atomic mass is 16.2. The van der Waals surface area contributed by atoms with Crippen molar-refractivity contribution < 1.29 is 4.79 Å². The van der Waals surface area contributed by atoms with Crippen LogP contribution in [0.15, 0.2) is 36.0 Å². The number of aliphatic imine (C=N–C) groups is 1. The van der Waals surface area contributed by atoms with Crippen molar-refractivity contribution >= 4 is 35.3 Å². The van der Waals surface area contributed by atoms with E-state index < -0.39 is 0 Å². The van der Waals surface area contributed by atoms with E-state index in [4.69, 9.17) is 10.7 Å². The molecule has 0 atom stereocenters. The van der Waals surface area contributed by atoms with Crippen molar-refractivity contribution in [3.8, 4) is 0 Å². The van der Waals surface area contributed by atoms with Gasteiger partial charge in [-0.3, -0.25) is 9.69 Å². The van der Waals surface area contributed by atoms with Gasteiger partial charge in [0.25, 0.3) is 5.91 Å². The van der Waals surface area contributed by atoms with E-state index in [-0.39, 0.29) is 17.4 Å². The molecule has 192 valence electrons. The summed E-state index contributed by atoms with van der Waals surface area (Å²) in [5.74, 6) is 2.16. The summed E-state index contributed by atoms with van der Waals surface area (Å²) >= 11 is 0. The first-order valence-corrected chi connectivity index (χ1v) is 13.1. The Morgan fingerprint density at radius 2 is 2.03 bits per heavy atom. The number of aromatic nitrogens is 2. The van der Waals surface area contributed by atoms with Crippen LogP contribution in [0.1, 0.15) is 55.6 Å². The fourth-order valence-electron chi connectivity index (χ4n) is 5.90. The van der Waals surface area contributed by atoms with Crippen LogP contribution in [-0.2, 0) is 5.54 Å². The fourth-order valence-corrected chi connectivity index (χ4v) is 5.90. The summed E-state index contributed by atoms with van der Waals surface area (Å²) in [5, 5.41) is 6.19. The maximum atomic E-state index is 12.6. The van der Waals surface area contributed by atoms with Gasteiger partial charge < -0.3 is 25.8 Å². The van der Waals surface area contributed by atoms with Crippen LogP contribution in [0.5, 0.6) is 0 Å². The SMILES string of the molecule is C=Cc1cc2n(c1/N=C(\N)Nc1ccc(N3CCN(CC(C)C)CC3)cn1)C1(CCCC1)CNC2=O. The first-order chi connectivity index (χ1) is 17.4. The molecule has 2 fully saturated rings. The molecule has 1 amide bonds. The van der Waals surface area contributed by atoms with Crippen molar-refractivity contribution in [3.63, 3.8) is 0 Å². The highest BCUT2D eigenvalue weighted by molar-refractivity contribution is 5.98. The summed E-state index contributed by atoms with van der Waals surface area (Å²) in [4.78, 5) is 26.9. The molecule has 1 saturated heterocycles. The van der Waals surface area contributed by atoms with Gasteiger partial charge in [0.2, 0.25) is 5.96 Å².